The molecular formula is C16H34NO3+. The number of rotatable bonds is 14. The normalized spacial score (nSPS) is 13.8. The van der Waals surface area contributed by atoms with Crippen molar-refractivity contribution in [3.63, 3.8) is 0 Å². The SMILES string of the molecule is CCCCCCC(C)O[N+](=O)OC(C)CCCCCC. The van der Waals surface area contributed by atoms with Crippen LogP contribution < -0.4 is 0 Å². The summed E-state index contributed by atoms with van der Waals surface area (Å²) in [7, 11) is 0. The van der Waals surface area contributed by atoms with E-state index < -0.39 is 0 Å². The number of hydrogen-bond acceptors (Lipinski definition) is 3. The molecule has 0 N–H and O–H groups in total. The minimum absolute atomic E-state index is 0.0725. The molecule has 4 nitrogen and oxygen atoms in total. The summed E-state index contributed by atoms with van der Waals surface area (Å²) in [4.78, 5) is 21.9. The molecule has 0 aromatic carbocycles. The average molecular weight is 288 g/mol. The van der Waals surface area contributed by atoms with E-state index in [9.17, 15) is 4.91 Å². The second-order valence-corrected chi connectivity index (χ2v) is 5.75. The predicted octanol–water partition coefficient (Wildman–Crippen LogP) is 5.35. The van der Waals surface area contributed by atoms with Crippen LogP contribution in [0.5, 0.6) is 0 Å². The van der Waals surface area contributed by atoms with Crippen LogP contribution in [0.2, 0.25) is 0 Å². The fourth-order valence-electron chi connectivity index (χ4n) is 2.14. The summed E-state index contributed by atoms with van der Waals surface area (Å²) in [5.41, 5.74) is 0. The third-order valence-electron chi connectivity index (χ3n) is 3.46. The molecule has 2 unspecified atom stereocenters. The van der Waals surface area contributed by atoms with E-state index in [-0.39, 0.29) is 12.2 Å². The van der Waals surface area contributed by atoms with E-state index >= 15 is 0 Å². The fourth-order valence-corrected chi connectivity index (χ4v) is 2.14. The van der Waals surface area contributed by atoms with Gasteiger partial charge in [-0.05, 0) is 39.5 Å². The van der Waals surface area contributed by atoms with Crippen LogP contribution in [-0.4, -0.2) is 17.3 Å². The molecule has 0 aromatic rings. The third-order valence-corrected chi connectivity index (χ3v) is 3.46. The van der Waals surface area contributed by atoms with Crippen LogP contribution in [0.4, 0.5) is 0 Å². The topological polar surface area (TPSA) is 38.5 Å². The highest BCUT2D eigenvalue weighted by Gasteiger charge is 2.21. The molecular weight excluding hydrogens is 254 g/mol. The first-order chi connectivity index (χ1) is 9.60. The van der Waals surface area contributed by atoms with Gasteiger partial charge in [0.1, 0.15) is 4.91 Å². The lowest BCUT2D eigenvalue weighted by Gasteiger charge is -2.07. The molecule has 0 aliphatic carbocycles. The molecule has 0 amide bonds. The van der Waals surface area contributed by atoms with Crippen LogP contribution in [-0.2, 0) is 9.68 Å². The Morgan fingerprint density at radius 1 is 0.750 bits per heavy atom. The highest BCUT2D eigenvalue weighted by atomic mass is 17.0. The van der Waals surface area contributed by atoms with Crippen LogP contribution in [0.1, 0.15) is 91.9 Å². The van der Waals surface area contributed by atoms with E-state index in [4.69, 9.17) is 9.68 Å². The smallest absolute Gasteiger partial charge is 0.184 e. The van der Waals surface area contributed by atoms with Gasteiger partial charge in [0.2, 0.25) is 0 Å². The average Bonchev–Trinajstić information content (AvgIpc) is 2.39. The number of unbranched alkanes of at least 4 members (excludes halogenated alkanes) is 6. The van der Waals surface area contributed by atoms with E-state index in [1.54, 1.807) is 0 Å². The zero-order chi connectivity index (χ0) is 15.2. The zero-order valence-electron chi connectivity index (χ0n) is 13.9. The van der Waals surface area contributed by atoms with Crippen molar-refractivity contribution in [1.82, 2.24) is 0 Å². The summed E-state index contributed by atoms with van der Waals surface area (Å²) in [5, 5.41) is 0.314. The first-order valence-corrected chi connectivity index (χ1v) is 8.40. The van der Waals surface area contributed by atoms with Crippen LogP contribution in [0.25, 0.3) is 0 Å². The predicted molar refractivity (Wildman–Crippen MR) is 82.2 cm³/mol. The van der Waals surface area contributed by atoms with E-state index in [1.807, 2.05) is 13.8 Å². The summed E-state index contributed by atoms with van der Waals surface area (Å²) < 4.78 is 0. The molecule has 0 bridgehead atoms. The van der Waals surface area contributed by atoms with Gasteiger partial charge in [-0.3, -0.25) is 0 Å². The maximum Gasteiger partial charge on any atom is 0.478 e. The molecule has 0 saturated carbocycles. The van der Waals surface area contributed by atoms with E-state index in [0.717, 1.165) is 25.7 Å². The summed E-state index contributed by atoms with van der Waals surface area (Å²) in [6, 6.07) is 0. The van der Waals surface area contributed by atoms with Gasteiger partial charge in [-0.15, -0.1) is 0 Å². The lowest BCUT2D eigenvalue weighted by atomic mass is 10.1. The van der Waals surface area contributed by atoms with Crippen molar-refractivity contribution in [2.24, 2.45) is 0 Å². The van der Waals surface area contributed by atoms with E-state index in [0.29, 0.717) is 5.09 Å². The maximum absolute atomic E-state index is 11.5. The molecule has 0 aliphatic heterocycles. The molecule has 2 atom stereocenters. The van der Waals surface area contributed by atoms with Crippen LogP contribution in [0.3, 0.4) is 0 Å². The lowest BCUT2D eigenvalue weighted by molar-refractivity contribution is -0.992. The first-order valence-electron chi connectivity index (χ1n) is 8.40. The summed E-state index contributed by atoms with van der Waals surface area (Å²) in [6.45, 7) is 8.22. The fraction of sp³-hybridized carbons (Fsp3) is 1.00. The molecule has 120 valence electrons. The molecule has 0 spiro atoms. The van der Waals surface area contributed by atoms with Gasteiger partial charge in [0.15, 0.2) is 12.2 Å². The van der Waals surface area contributed by atoms with Gasteiger partial charge >= 0.3 is 5.09 Å². The van der Waals surface area contributed by atoms with Crippen molar-refractivity contribution in [2.45, 2.75) is 104 Å². The molecule has 0 aromatic heterocycles. The van der Waals surface area contributed by atoms with Gasteiger partial charge in [0.25, 0.3) is 0 Å². The van der Waals surface area contributed by atoms with Crippen LogP contribution in [0.15, 0.2) is 0 Å². The minimum atomic E-state index is -0.0725. The molecule has 0 aliphatic rings. The van der Waals surface area contributed by atoms with Crippen LogP contribution in [0, 0.1) is 4.91 Å². The minimum Gasteiger partial charge on any atom is -0.184 e. The van der Waals surface area contributed by atoms with Crippen LogP contribution >= 0.6 is 0 Å². The van der Waals surface area contributed by atoms with Gasteiger partial charge in [-0.25, -0.2) is 0 Å². The Labute approximate surface area is 124 Å². The second kappa shape index (κ2) is 13.2. The number of hydrogen-bond donors (Lipinski definition) is 0. The Balaban J connectivity index is 3.59. The third kappa shape index (κ3) is 12.2. The quantitative estimate of drug-likeness (QED) is 0.319. The maximum atomic E-state index is 11.5. The van der Waals surface area contributed by atoms with E-state index in [2.05, 4.69) is 13.8 Å². The molecule has 20 heavy (non-hydrogen) atoms. The van der Waals surface area contributed by atoms with Crippen molar-refractivity contribution >= 4 is 0 Å². The summed E-state index contributed by atoms with van der Waals surface area (Å²) in [5.74, 6) is 0. The Kier molecular flexibility index (Phi) is 12.7. The molecule has 0 saturated heterocycles. The molecule has 0 fully saturated rings. The van der Waals surface area contributed by atoms with Crippen molar-refractivity contribution in [3.05, 3.63) is 4.91 Å². The van der Waals surface area contributed by atoms with Gasteiger partial charge < -0.3 is 0 Å². The highest BCUT2D eigenvalue weighted by molar-refractivity contribution is 4.50. The van der Waals surface area contributed by atoms with Gasteiger partial charge in [-0.1, -0.05) is 52.4 Å². The van der Waals surface area contributed by atoms with Crippen molar-refractivity contribution < 1.29 is 14.8 Å². The van der Waals surface area contributed by atoms with Gasteiger partial charge in [0.05, 0.1) is 0 Å². The first kappa shape index (κ1) is 19.2. The lowest BCUT2D eigenvalue weighted by Crippen LogP contribution is -2.22. The zero-order valence-corrected chi connectivity index (χ0v) is 13.9. The highest BCUT2D eigenvalue weighted by Crippen LogP contribution is 2.11. The molecule has 4 heteroatoms. The summed E-state index contributed by atoms with van der Waals surface area (Å²) in [6.07, 6.45) is 11.2. The summed E-state index contributed by atoms with van der Waals surface area (Å²) >= 11 is 0. The van der Waals surface area contributed by atoms with Crippen molar-refractivity contribution in [1.29, 1.82) is 0 Å². The molecule has 0 radical (unpaired) electrons. The Bertz CT molecular complexity index is 212. The Morgan fingerprint density at radius 2 is 1.15 bits per heavy atom. The second-order valence-electron chi connectivity index (χ2n) is 5.75. The van der Waals surface area contributed by atoms with Gasteiger partial charge in [-0.2, -0.15) is 9.68 Å². The van der Waals surface area contributed by atoms with Crippen molar-refractivity contribution in [3.8, 4) is 0 Å². The Hall–Kier alpha value is -0.800. The monoisotopic (exact) mass is 288 g/mol. The van der Waals surface area contributed by atoms with Crippen molar-refractivity contribution in [2.75, 3.05) is 0 Å². The van der Waals surface area contributed by atoms with Gasteiger partial charge in [0, 0.05) is 0 Å². The molecule has 0 heterocycles. The standard InChI is InChI=1S/C16H34NO3/c1-5-7-9-11-13-15(3)19-17(18)20-16(4)14-12-10-8-6-2/h15-16H,5-14H2,1-4H3/q+1. The van der Waals surface area contributed by atoms with E-state index in [1.165, 1.54) is 38.5 Å². The largest absolute Gasteiger partial charge is 0.478 e. The molecule has 0 rings (SSSR count). The number of nitrogens with zero attached hydrogens (tertiary/aromatic N) is 1. The Morgan fingerprint density at radius 3 is 1.50 bits per heavy atom.